The second-order valence-corrected chi connectivity index (χ2v) is 6.37. The van der Waals surface area contributed by atoms with Gasteiger partial charge in [0.25, 0.3) is 0 Å². The number of halogens is 2. The van der Waals surface area contributed by atoms with Gasteiger partial charge in [-0.15, -0.1) is 11.3 Å². The van der Waals surface area contributed by atoms with Gasteiger partial charge in [0.1, 0.15) is 5.82 Å². The monoisotopic (exact) mass is 313 g/mol. The summed E-state index contributed by atoms with van der Waals surface area (Å²) >= 11 is 5.10. The Labute approximate surface area is 113 Å². The Hall–Kier alpha value is -0.710. The van der Waals surface area contributed by atoms with Crippen LogP contribution in [0.15, 0.2) is 34.1 Å². The molecule has 4 heteroatoms. The standard InChI is InChI=1S/C13H13BrFNS/c1-8-3-4-9(7-10(8)15)13(16-2)11-5-6-12(14)17-11/h3-7,13,16H,1-2H3. The molecular weight excluding hydrogens is 301 g/mol. The topological polar surface area (TPSA) is 12.0 Å². The van der Waals surface area contributed by atoms with Gasteiger partial charge in [-0.3, -0.25) is 0 Å². The lowest BCUT2D eigenvalue weighted by Crippen LogP contribution is -2.16. The Kier molecular flexibility index (Phi) is 3.97. The summed E-state index contributed by atoms with van der Waals surface area (Å²) < 4.78 is 14.6. The molecule has 0 saturated carbocycles. The fraction of sp³-hybridized carbons (Fsp3) is 0.231. The molecule has 0 aliphatic carbocycles. The van der Waals surface area contributed by atoms with Crippen molar-refractivity contribution >= 4 is 27.3 Å². The highest BCUT2D eigenvalue weighted by Crippen LogP contribution is 2.31. The van der Waals surface area contributed by atoms with E-state index in [1.807, 2.05) is 31.3 Å². The maximum Gasteiger partial charge on any atom is 0.126 e. The van der Waals surface area contributed by atoms with Crippen molar-refractivity contribution in [1.82, 2.24) is 5.32 Å². The predicted octanol–water partition coefficient (Wildman–Crippen LogP) is 4.27. The number of rotatable bonds is 3. The van der Waals surface area contributed by atoms with Crippen molar-refractivity contribution in [1.29, 1.82) is 0 Å². The first-order valence-corrected chi connectivity index (χ1v) is 6.91. The number of nitrogens with one attached hydrogen (secondary N) is 1. The third-order valence-corrected chi connectivity index (χ3v) is 4.38. The van der Waals surface area contributed by atoms with Gasteiger partial charge in [-0.05, 0) is 59.2 Å². The van der Waals surface area contributed by atoms with E-state index >= 15 is 0 Å². The molecule has 1 unspecified atom stereocenters. The molecule has 0 spiro atoms. The van der Waals surface area contributed by atoms with Gasteiger partial charge in [0.2, 0.25) is 0 Å². The van der Waals surface area contributed by atoms with Gasteiger partial charge >= 0.3 is 0 Å². The van der Waals surface area contributed by atoms with E-state index in [2.05, 4.69) is 21.2 Å². The zero-order valence-corrected chi connectivity index (χ0v) is 12.0. The van der Waals surface area contributed by atoms with Crippen molar-refractivity contribution in [2.75, 3.05) is 7.05 Å². The van der Waals surface area contributed by atoms with Crippen molar-refractivity contribution in [2.45, 2.75) is 13.0 Å². The minimum atomic E-state index is -0.154. The van der Waals surface area contributed by atoms with Crippen LogP contribution in [0.5, 0.6) is 0 Å². The Balaban J connectivity index is 2.38. The fourth-order valence-corrected chi connectivity index (χ4v) is 3.31. The normalized spacial score (nSPS) is 12.7. The molecule has 1 aromatic heterocycles. The molecule has 1 atom stereocenters. The van der Waals surface area contributed by atoms with E-state index in [1.165, 1.54) is 4.88 Å². The minimum absolute atomic E-state index is 0.0430. The van der Waals surface area contributed by atoms with Crippen LogP contribution in [-0.4, -0.2) is 7.05 Å². The van der Waals surface area contributed by atoms with Crippen LogP contribution in [0.3, 0.4) is 0 Å². The Bertz CT molecular complexity index is 524. The van der Waals surface area contributed by atoms with Crippen LogP contribution in [0, 0.1) is 12.7 Å². The van der Waals surface area contributed by atoms with Crippen molar-refractivity contribution < 1.29 is 4.39 Å². The van der Waals surface area contributed by atoms with Gasteiger partial charge in [-0.2, -0.15) is 0 Å². The quantitative estimate of drug-likeness (QED) is 0.892. The number of aryl methyl sites for hydroxylation is 1. The molecule has 2 rings (SSSR count). The molecule has 0 aliphatic heterocycles. The summed E-state index contributed by atoms with van der Waals surface area (Å²) in [6, 6.07) is 9.48. The largest absolute Gasteiger partial charge is 0.309 e. The van der Waals surface area contributed by atoms with Crippen LogP contribution in [-0.2, 0) is 0 Å². The van der Waals surface area contributed by atoms with Crippen LogP contribution in [0.1, 0.15) is 22.0 Å². The Morgan fingerprint density at radius 1 is 1.29 bits per heavy atom. The molecular formula is C13H13BrFNS. The molecule has 0 saturated heterocycles. The average molecular weight is 314 g/mol. The first kappa shape index (κ1) is 12.7. The fourth-order valence-electron chi connectivity index (χ4n) is 1.75. The van der Waals surface area contributed by atoms with Crippen LogP contribution in [0.25, 0.3) is 0 Å². The van der Waals surface area contributed by atoms with E-state index in [0.29, 0.717) is 5.56 Å². The summed E-state index contributed by atoms with van der Waals surface area (Å²) in [5.74, 6) is -0.154. The molecule has 1 nitrogen and oxygen atoms in total. The van der Waals surface area contributed by atoms with Crippen LogP contribution in [0.2, 0.25) is 0 Å². The first-order chi connectivity index (χ1) is 8.11. The summed E-state index contributed by atoms with van der Waals surface area (Å²) in [6.45, 7) is 1.77. The van der Waals surface area contributed by atoms with Crippen LogP contribution in [0.4, 0.5) is 4.39 Å². The van der Waals surface area contributed by atoms with Crippen molar-refractivity contribution in [3.63, 3.8) is 0 Å². The number of benzene rings is 1. The first-order valence-electron chi connectivity index (χ1n) is 5.30. The minimum Gasteiger partial charge on any atom is -0.309 e. The molecule has 0 amide bonds. The summed E-state index contributed by atoms with van der Waals surface area (Å²) in [7, 11) is 1.88. The van der Waals surface area contributed by atoms with Gasteiger partial charge in [0.15, 0.2) is 0 Å². The van der Waals surface area contributed by atoms with Gasteiger partial charge in [-0.1, -0.05) is 12.1 Å². The third kappa shape index (κ3) is 2.76. The SMILES string of the molecule is CNC(c1ccc(C)c(F)c1)c1ccc(Br)s1. The Morgan fingerprint density at radius 2 is 2.06 bits per heavy atom. The lowest BCUT2D eigenvalue weighted by Gasteiger charge is -2.15. The number of hydrogen-bond donors (Lipinski definition) is 1. The zero-order chi connectivity index (χ0) is 12.4. The van der Waals surface area contributed by atoms with E-state index in [1.54, 1.807) is 24.3 Å². The second-order valence-electron chi connectivity index (χ2n) is 3.87. The molecule has 0 aliphatic rings. The van der Waals surface area contributed by atoms with Crippen molar-refractivity contribution in [3.05, 3.63) is 55.9 Å². The number of thiophene rings is 1. The van der Waals surface area contributed by atoms with Crippen LogP contribution >= 0.6 is 27.3 Å². The van der Waals surface area contributed by atoms with Gasteiger partial charge in [-0.25, -0.2) is 4.39 Å². The molecule has 1 aromatic carbocycles. The van der Waals surface area contributed by atoms with E-state index in [-0.39, 0.29) is 11.9 Å². The average Bonchev–Trinajstić information content (AvgIpc) is 2.71. The maximum absolute atomic E-state index is 13.6. The van der Waals surface area contributed by atoms with E-state index < -0.39 is 0 Å². The number of hydrogen-bond acceptors (Lipinski definition) is 2. The van der Waals surface area contributed by atoms with Crippen molar-refractivity contribution in [2.24, 2.45) is 0 Å². The predicted molar refractivity (Wildman–Crippen MR) is 74.1 cm³/mol. The van der Waals surface area contributed by atoms with E-state index in [0.717, 1.165) is 9.35 Å². The summed E-state index contributed by atoms with van der Waals surface area (Å²) in [4.78, 5) is 1.17. The molecule has 1 heterocycles. The summed E-state index contributed by atoms with van der Waals surface area (Å²) in [6.07, 6.45) is 0. The smallest absolute Gasteiger partial charge is 0.126 e. The molecule has 0 radical (unpaired) electrons. The van der Waals surface area contributed by atoms with Gasteiger partial charge in [0, 0.05) is 4.88 Å². The van der Waals surface area contributed by atoms with E-state index in [9.17, 15) is 4.39 Å². The van der Waals surface area contributed by atoms with Crippen molar-refractivity contribution in [3.8, 4) is 0 Å². The molecule has 17 heavy (non-hydrogen) atoms. The zero-order valence-electron chi connectivity index (χ0n) is 9.63. The highest BCUT2D eigenvalue weighted by molar-refractivity contribution is 9.11. The second kappa shape index (κ2) is 5.29. The molecule has 0 bridgehead atoms. The molecule has 2 aromatic rings. The summed E-state index contributed by atoms with van der Waals surface area (Å²) in [5, 5.41) is 3.22. The highest BCUT2D eigenvalue weighted by atomic mass is 79.9. The summed E-state index contributed by atoms with van der Waals surface area (Å²) in [5.41, 5.74) is 1.63. The lowest BCUT2D eigenvalue weighted by atomic mass is 10.0. The molecule has 0 fully saturated rings. The van der Waals surface area contributed by atoms with Gasteiger partial charge < -0.3 is 5.32 Å². The Morgan fingerprint density at radius 3 is 2.59 bits per heavy atom. The third-order valence-electron chi connectivity index (χ3n) is 2.70. The highest BCUT2D eigenvalue weighted by Gasteiger charge is 2.15. The molecule has 90 valence electrons. The lowest BCUT2D eigenvalue weighted by molar-refractivity contribution is 0.609. The van der Waals surface area contributed by atoms with E-state index in [4.69, 9.17) is 0 Å². The molecule has 1 N–H and O–H groups in total. The van der Waals surface area contributed by atoms with Gasteiger partial charge in [0.05, 0.1) is 9.83 Å². The maximum atomic E-state index is 13.6. The van der Waals surface area contributed by atoms with Crippen LogP contribution < -0.4 is 5.32 Å².